The van der Waals surface area contributed by atoms with Crippen LogP contribution in [-0.2, 0) is 11.8 Å². The first-order valence-corrected chi connectivity index (χ1v) is 10.8. The van der Waals surface area contributed by atoms with Crippen molar-refractivity contribution >= 4 is 22.6 Å². The molecular weight excluding hydrogens is 426 g/mol. The van der Waals surface area contributed by atoms with Crippen molar-refractivity contribution in [3.05, 3.63) is 85.2 Å². The molecule has 0 unspecified atom stereocenters. The number of carbonyl (C=O) groups excluding carboxylic acids is 1. The molecule has 0 spiro atoms. The molecule has 168 valence electrons. The number of aryl methyl sites for hydroxylation is 3. The average molecular weight is 450 g/mol. The normalized spacial score (nSPS) is 11.0. The van der Waals surface area contributed by atoms with Gasteiger partial charge in [-0.15, -0.1) is 0 Å². The number of hydrogen-bond acceptors (Lipinski definition) is 5. The highest BCUT2D eigenvalue weighted by Crippen LogP contribution is 2.40. The molecule has 0 radical (unpaired) electrons. The van der Waals surface area contributed by atoms with Crippen molar-refractivity contribution in [3.8, 4) is 28.2 Å². The summed E-state index contributed by atoms with van der Waals surface area (Å²) in [7, 11) is 2.00. The average Bonchev–Trinajstić information content (AvgIpc) is 3.41. The molecule has 0 atom stereocenters. The minimum atomic E-state index is -0.248. The van der Waals surface area contributed by atoms with Crippen molar-refractivity contribution in [3.63, 3.8) is 0 Å². The molecule has 8 nitrogen and oxygen atoms in total. The molecule has 0 aliphatic rings. The van der Waals surface area contributed by atoms with Gasteiger partial charge in [0, 0.05) is 41.6 Å². The molecule has 1 aromatic carbocycles. The second-order valence-electron chi connectivity index (χ2n) is 8.08. The molecule has 5 rings (SSSR count). The first kappa shape index (κ1) is 21.3. The summed E-state index contributed by atoms with van der Waals surface area (Å²) in [6, 6.07) is 11.7. The summed E-state index contributed by atoms with van der Waals surface area (Å²) in [5.74, 6) is 0.497. The van der Waals surface area contributed by atoms with Crippen molar-refractivity contribution in [2.75, 3.05) is 5.32 Å². The Morgan fingerprint density at radius 2 is 1.76 bits per heavy atom. The van der Waals surface area contributed by atoms with Gasteiger partial charge in [-0.3, -0.25) is 4.79 Å². The zero-order chi connectivity index (χ0) is 23.8. The Kier molecular flexibility index (Phi) is 5.25. The lowest BCUT2D eigenvalue weighted by Gasteiger charge is -2.10. The smallest absolute Gasteiger partial charge is 0.247 e. The van der Waals surface area contributed by atoms with Crippen LogP contribution in [0.15, 0.2) is 74.0 Å². The minimum Gasteiger partial charge on any atom is -0.328 e. The molecule has 8 heteroatoms. The molecule has 0 saturated heterocycles. The van der Waals surface area contributed by atoms with E-state index in [1.54, 1.807) is 17.2 Å². The van der Waals surface area contributed by atoms with E-state index in [1.165, 1.54) is 6.08 Å². The Morgan fingerprint density at radius 3 is 2.41 bits per heavy atom. The van der Waals surface area contributed by atoms with Gasteiger partial charge in [-0.05, 0) is 55.3 Å². The number of fused-ring (bicyclic) bond motifs is 1. The van der Waals surface area contributed by atoms with E-state index in [2.05, 4.69) is 36.5 Å². The third-order valence-electron chi connectivity index (χ3n) is 5.75. The van der Waals surface area contributed by atoms with Crippen LogP contribution in [0.3, 0.4) is 0 Å². The summed E-state index contributed by atoms with van der Waals surface area (Å²) < 4.78 is 3.83. The Bertz CT molecular complexity index is 1530. The van der Waals surface area contributed by atoms with Gasteiger partial charge < -0.3 is 9.88 Å². The van der Waals surface area contributed by atoms with Crippen LogP contribution in [0.5, 0.6) is 0 Å². The van der Waals surface area contributed by atoms with Crippen LogP contribution in [0.1, 0.15) is 11.3 Å². The molecule has 0 bridgehead atoms. The number of aromatic nitrogens is 6. The van der Waals surface area contributed by atoms with E-state index in [9.17, 15) is 4.79 Å². The SMILES string of the molecule is C=CC(=O)Nc1ccc(-c2c(-c3ccc(-n4cc(C)cn4)nc3)c3c(C)ncnc3n2C)cc1. The molecule has 1 amide bonds. The third-order valence-corrected chi connectivity index (χ3v) is 5.75. The van der Waals surface area contributed by atoms with Crippen molar-refractivity contribution in [1.29, 1.82) is 0 Å². The number of carbonyl (C=O) groups is 1. The number of rotatable bonds is 5. The summed E-state index contributed by atoms with van der Waals surface area (Å²) in [4.78, 5) is 25.3. The van der Waals surface area contributed by atoms with Crippen LogP contribution in [0.4, 0.5) is 5.69 Å². The third kappa shape index (κ3) is 3.65. The lowest BCUT2D eigenvalue weighted by molar-refractivity contribution is -0.111. The first-order chi connectivity index (χ1) is 16.5. The number of pyridine rings is 1. The molecule has 0 aliphatic carbocycles. The lowest BCUT2D eigenvalue weighted by atomic mass is 9.99. The summed E-state index contributed by atoms with van der Waals surface area (Å²) in [5, 5.41) is 8.12. The highest BCUT2D eigenvalue weighted by atomic mass is 16.1. The summed E-state index contributed by atoms with van der Waals surface area (Å²) >= 11 is 0. The van der Waals surface area contributed by atoms with Crippen LogP contribution in [0.25, 0.3) is 39.2 Å². The van der Waals surface area contributed by atoms with E-state index in [0.29, 0.717) is 5.69 Å². The number of amides is 1. The molecule has 0 saturated carbocycles. The maximum Gasteiger partial charge on any atom is 0.247 e. The number of nitrogens with one attached hydrogen (secondary N) is 1. The fourth-order valence-electron chi connectivity index (χ4n) is 4.13. The molecule has 0 aliphatic heterocycles. The zero-order valence-corrected chi connectivity index (χ0v) is 19.1. The van der Waals surface area contributed by atoms with Gasteiger partial charge in [-0.1, -0.05) is 18.7 Å². The summed E-state index contributed by atoms with van der Waals surface area (Å²) in [6.07, 6.45) is 8.44. The van der Waals surface area contributed by atoms with E-state index in [4.69, 9.17) is 0 Å². The summed E-state index contributed by atoms with van der Waals surface area (Å²) in [5.41, 5.74) is 7.44. The van der Waals surface area contributed by atoms with Crippen LogP contribution in [0.2, 0.25) is 0 Å². The van der Waals surface area contributed by atoms with E-state index < -0.39 is 0 Å². The number of anilines is 1. The second-order valence-corrected chi connectivity index (χ2v) is 8.08. The Labute approximate surface area is 196 Å². The van der Waals surface area contributed by atoms with Crippen LogP contribution in [-0.4, -0.2) is 35.2 Å². The maximum atomic E-state index is 11.7. The summed E-state index contributed by atoms with van der Waals surface area (Å²) in [6.45, 7) is 7.48. The van der Waals surface area contributed by atoms with Gasteiger partial charge in [-0.2, -0.15) is 5.10 Å². The Balaban J connectivity index is 1.66. The fourth-order valence-corrected chi connectivity index (χ4v) is 4.13. The van der Waals surface area contributed by atoms with Crippen LogP contribution < -0.4 is 5.32 Å². The van der Waals surface area contributed by atoms with Crippen LogP contribution >= 0.6 is 0 Å². The van der Waals surface area contributed by atoms with Crippen molar-refractivity contribution in [1.82, 2.24) is 29.3 Å². The van der Waals surface area contributed by atoms with Crippen molar-refractivity contribution in [2.24, 2.45) is 7.05 Å². The fraction of sp³-hybridized carbons (Fsp3) is 0.115. The maximum absolute atomic E-state index is 11.7. The van der Waals surface area contributed by atoms with E-state index in [0.717, 1.165) is 50.5 Å². The standard InChI is InChI=1S/C26H23N7O/c1-5-22(34)31-20-9-6-18(7-10-20)25-24(23-17(3)28-15-29-26(23)32(25)4)19-8-11-21(27-13-19)33-14-16(2)12-30-33/h5-15H,1H2,2-4H3,(H,31,34). The highest BCUT2D eigenvalue weighted by Gasteiger charge is 2.21. The number of nitrogens with zero attached hydrogens (tertiary/aromatic N) is 6. The van der Waals surface area contributed by atoms with E-state index >= 15 is 0 Å². The van der Waals surface area contributed by atoms with Gasteiger partial charge in [0.15, 0.2) is 5.82 Å². The Hall–Kier alpha value is -4.59. The molecule has 34 heavy (non-hydrogen) atoms. The molecule has 4 heterocycles. The molecule has 0 fully saturated rings. The lowest BCUT2D eigenvalue weighted by Crippen LogP contribution is -2.06. The van der Waals surface area contributed by atoms with Crippen molar-refractivity contribution in [2.45, 2.75) is 13.8 Å². The number of benzene rings is 1. The van der Waals surface area contributed by atoms with Gasteiger partial charge in [0.1, 0.15) is 12.0 Å². The number of hydrogen-bond donors (Lipinski definition) is 1. The molecular formula is C26H23N7O. The molecule has 5 aromatic rings. The zero-order valence-electron chi connectivity index (χ0n) is 19.1. The molecule has 4 aromatic heterocycles. The van der Waals surface area contributed by atoms with Gasteiger partial charge in [0.05, 0.1) is 17.6 Å². The largest absolute Gasteiger partial charge is 0.328 e. The predicted molar refractivity (Wildman–Crippen MR) is 133 cm³/mol. The first-order valence-electron chi connectivity index (χ1n) is 10.8. The van der Waals surface area contributed by atoms with E-state index in [1.807, 2.05) is 69.7 Å². The molecule has 1 N–H and O–H groups in total. The monoisotopic (exact) mass is 449 g/mol. The quantitative estimate of drug-likeness (QED) is 0.395. The van der Waals surface area contributed by atoms with Gasteiger partial charge >= 0.3 is 0 Å². The topological polar surface area (TPSA) is 90.5 Å². The van der Waals surface area contributed by atoms with E-state index in [-0.39, 0.29) is 5.91 Å². The van der Waals surface area contributed by atoms with Gasteiger partial charge in [0.2, 0.25) is 5.91 Å². The minimum absolute atomic E-state index is 0.248. The van der Waals surface area contributed by atoms with Crippen molar-refractivity contribution < 1.29 is 4.79 Å². The highest BCUT2D eigenvalue weighted by molar-refractivity contribution is 6.04. The van der Waals surface area contributed by atoms with Gasteiger partial charge in [0.25, 0.3) is 0 Å². The van der Waals surface area contributed by atoms with Crippen LogP contribution in [0, 0.1) is 13.8 Å². The predicted octanol–water partition coefficient (Wildman–Crippen LogP) is 4.62. The Morgan fingerprint density at radius 1 is 1.00 bits per heavy atom. The van der Waals surface area contributed by atoms with Gasteiger partial charge in [-0.25, -0.2) is 19.6 Å². The second kappa shape index (κ2) is 8.40.